The number of hydrogen-bond acceptors (Lipinski definition) is 3. The van der Waals surface area contributed by atoms with E-state index in [0.717, 1.165) is 29.3 Å². The first-order valence-corrected chi connectivity index (χ1v) is 9.39. The topological polar surface area (TPSA) is 42.0 Å². The van der Waals surface area contributed by atoms with Crippen LogP contribution in [0.15, 0.2) is 24.3 Å². The van der Waals surface area contributed by atoms with Crippen molar-refractivity contribution in [1.29, 1.82) is 0 Å². The molecule has 0 spiro atoms. The van der Waals surface area contributed by atoms with Gasteiger partial charge in [-0.05, 0) is 49.8 Å². The summed E-state index contributed by atoms with van der Waals surface area (Å²) in [4.78, 5) is 18.1. The number of thiazole rings is 1. The van der Waals surface area contributed by atoms with E-state index in [4.69, 9.17) is 11.6 Å². The quantitative estimate of drug-likeness (QED) is 0.858. The molecule has 0 saturated carbocycles. The summed E-state index contributed by atoms with van der Waals surface area (Å²) in [6.45, 7) is 0.662. The largest absolute Gasteiger partial charge is 0.356 e. The summed E-state index contributed by atoms with van der Waals surface area (Å²) in [5.74, 6) is 0.104. The predicted octanol–water partition coefficient (Wildman–Crippen LogP) is 3.97. The van der Waals surface area contributed by atoms with Crippen molar-refractivity contribution in [2.24, 2.45) is 0 Å². The van der Waals surface area contributed by atoms with Crippen molar-refractivity contribution in [2.75, 3.05) is 6.54 Å². The molecule has 3 nitrogen and oxygen atoms in total. The lowest BCUT2D eigenvalue weighted by Crippen LogP contribution is -2.25. The number of nitrogens with one attached hydrogen (secondary N) is 1. The Hall–Kier alpha value is -1.39. The first kappa shape index (κ1) is 16.5. The molecule has 2 aromatic rings. The van der Waals surface area contributed by atoms with E-state index < -0.39 is 0 Å². The van der Waals surface area contributed by atoms with Crippen LogP contribution in [0.5, 0.6) is 0 Å². The minimum Gasteiger partial charge on any atom is -0.356 e. The monoisotopic (exact) mass is 348 g/mol. The van der Waals surface area contributed by atoms with E-state index in [-0.39, 0.29) is 5.91 Å². The number of halogens is 1. The molecular weight excluding hydrogens is 328 g/mol. The first-order chi connectivity index (χ1) is 11.2. The molecule has 5 heteroatoms. The second-order valence-electron chi connectivity index (χ2n) is 5.91. The molecule has 1 heterocycles. The zero-order chi connectivity index (χ0) is 16.1. The molecule has 0 unspecified atom stereocenters. The van der Waals surface area contributed by atoms with Gasteiger partial charge in [0.15, 0.2) is 0 Å². The Labute approximate surface area is 146 Å². The van der Waals surface area contributed by atoms with E-state index in [9.17, 15) is 4.79 Å². The van der Waals surface area contributed by atoms with Crippen LogP contribution in [0.2, 0.25) is 5.02 Å². The summed E-state index contributed by atoms with van der Waals surface area (Å²) in [5.41, 5.74) is 2.46. The third-order valence-corrected chi connectivity index (χ3v) is 5.57. The van der Waals surface area contributed by atoms with Gasteiger partial charge in [-0.15, -0.1) is 11.3 Å². The highest BCUT2D eigenvalue weighted by Crippen LogP contribution is 2.27. The lowest BCUT2D eigenvalue weighted by Gasteiger charge is -2.06. The molecule has 1 aliphatic rings. The summed E-state index contributed by atoms with van der Waals surface area (Å²) >= 11 is 7.65. The van der Waals surface area contributed by atoms with Gasteiger partial charge < -0.3 is 5.32 Å². The summed E-state index contributed by atoms with van der Waals surface area (Å²) in [7, 11) is 0. The molecule has 0 aliphatic heterocycles. The summed E-state index contributed by atoms with van der Waals surface area (Å²) in [6, 6.07) is 7.75. The van der Waals surface area contributed by atoms with Crippen LogP contribution < -0.4 is 5.32 Å². The number of hydrogen-bond donors (Lipinski definition) is 1. The lowest BCUT2D eigenvalue weighted by atomic mass is 10.0. The van der Waals surface area contributed by atoms with Crippen molar-refractivity contribution in [3.05, 3.63) is 50.4 Å². The summed E-state index contributed by atoms with van der Waals surface area (Å²) in [6.07, 6.45) is 6.91. The number of aromatic nitrogens is 1. The Morgan fingerprint density at radius 2 is 1.96 bits per heavy atom. The Morgan fingerprint density at radius 3 is 2.74 bits per heavy atom. The molecule has 122 valence electrons. The van der Waals surface area contributed by atoms with E-state index >= 15 is 0 Å². The van der Waals surface area contributed by atoms with Crippen molar-refractivity contribution >= 4 is 28.8 Å². The van der Waals surface area contributed by atoms with Gasteiger partial charge >= 0.3 is 0 Å². The van der Waals surface area contributed by atoms with Crippen LogP contribution in [0.4, 0.5) is 0 Å². The van der Waals surface area contributed by atoms with Crippen LogP contribution >= 0.6 is 22.9 Å². The predicted molar refractivity (Wildman–Crippen MR) is 95.2 cm³/mol. The maximum absolute atomic E-state index is 11.9. The highest BCUT2D eigenvalue weighted by molar-refractivity contribution is 7.11. The maximum Gasteiger partial charge on any atom is 0.220 e. The maximum atomic E-state index is 11.9. The first-order valence-electron chi connectivity index (χ1n) is 8.19. The van der Waals surface area contributed by atoms with Crippen molar-refractivity contribution in [3.63, 3.8) is 0 Å². The fourth-order valence-corrected chi connectivity index (χ4v) is 4.10. The molecule has 23 heavy (non-hydrogen) atoms. The smallest absolute Gasteiger partial charge is 0.220 e. The number of rotatable bonds is 6. The molecule has 1 aliphatic carbocycles. The van der Waals surface area contributed by atoms with Gasteiger partial charge in [0.05, 0.1) is 10.7 Å². The van der Waals surface area contributed by atoms with Crippen LogP contribution in [0.25, 0.3) is 0 Å². The summed E-state index contributed by atoms with van der Waals surface area (Å²) < 4.78 is 0. The molecular formula is C18H21ClN2OS. The minimum absolute atomic E-state index is 0.104. The van der Waals surface area contributed by atoms with Crippen molar-refractivity contribution < 1.29 is 4.79 Å². The summed E-state index contributed by atoms with van der Waals surface area (Å²) in [5, 5.41) is 4.84. The zero-order valence-corrected chi connectivity index (χ0v) is 14.7. The van der Waals surface area contributed by atoms with Gasteiger partial charge in [-0.25, -0.2) is 4.98 Å². The molecule has 1 aromatic carbocycles. The van der Waals surface area contributed by atoms with E-state index in [1.165, 1.54) is 35.4 Å². The van der Waals surface area contributed by atoms with Crippen LogP contribution in [0.3, 0.4) is 0 Å². The Bertz CT molecular complexity index is 643. The van der Waals surface area contributed by atoms with E-state index in [0.29, 0.717) is 13.0 Å². The fraction of sp³-hybridized carbons (Fsp3) is 0.444. The number of fused-ring (bicyclic) bond motifs is 1. The van der Waals surface area contributed by atoms with Crippen LogP contribution in [-0.4, -0.2) is 17.4 Å². The molecule has 1 aromatic heterocycles. The SMILES string of the molecule is O=C(CCc1nc2c(s1)CCCC2)NCCc1ccc(Cl)cc1. The van der Waals surface area contributed by atoms with Crippen molar-refractivity contribution in [2.45, 2.75) is 44.9 Å². The molecule has 0 atom stereocenters. The van der Waals surface area contributed by atoms with Crippen LogP contribution in [-0.2, 0) is 30.5 Å². The highest BCUT2D eigenvalue weighted by Gasteiger charge is 2.15. The third kappa shape index (κ3) is 4.79. The van der Waals surface area contributed by atoms with E-state index in [1.54, 1.807) is 11.3 Å². The van der Waals surface area contributed by atoms with Gasteiger partial charge in [-0.3, -0.25) is 4.79 Å². The number of nitrogens with zero attached hydrogens (tertiary/aromatic N) is 1. The Kier molecular flexibility index (Phi) is 5.68. The lowest BCUT2D eigenvalue weighted by molar-refractivity contribution is -0.121. The molecule has 0 bridgehead atoms. The average molecular weight is 349 g/mol. The van der Waals surface area contributed by atoms with E-state index in [2.05, 4.69) is 10.3 Å². The minimum atomic E-state index is 0.104. The molecule has 1 amide bonds. The van der Waals surface area contributed by atoms with Crippen LogP contribution in [0.1, 0.15) is 40.4 Å². The van der Waals surface area contributed by atoms with Gasteiger partial charge in [0, 0.05) is 29.3 Å². The molecule has 0 saturated heterocycles. The molecule has 0 radical (unpaired) electrons. The van der Waals surface area contributed by atoms with Crippen molar-refractivity contribution in [1.82, 2.24) is 10.3 Å². The van der Waals surface area contributed by atoms with E-state index in [1.807, 2.05) is 24.3 Å². The second kappa shape index (κ2) is 7.93. The number of carbonyl (C=O) groups is 1. The number of benzene rings is 1. The van der Waals surface area contributed by atoms with Gasteiger partial charge in [0.25, 0.3) is 0 Å². The van der Waals surface area contributed by atoms with Gasteiger partial charge in [-0.2, -0.15) is 0 Å². The standard InChI is InChI=1S/C18H21ClN2OS/c19-14-7-5-13(6-8-14)11-12-20-17(22)9-10-18-21-15-3-1-2-4-16(15)23-18/h5-8H,1-4,9-12H2,(H,20,22). The van der Waals surface area contributed by atoms with Gasteiger partial charge in [0.2, 0.25) is 5.91 Å². The third-order valence-electron chi connectivity index (χ3n) is 4.10. The normalized spacial score (nSPS) is 13.6. The zero-order valence-electron chi connectivity index (χ0n) is 13.1. The van der Waals surface area contributed by atoms with Gasteiger partial charge in [0.1, 0.15) is 0 Å². The Morgan fingerprint density at radius 1 is 1.17 bits per heavy atom. The van der Waals surface area contributed by atoms with Crippen molar-refractivity contribution in [3.8, 4) is 0 Å². The Balaban J connectivity index is 1.39. The fourth-order valence-electron chi connectivity index (χ4n) is 2.82. The highest BCUT2D eigenvalue weighted by atomic mass is 35.5. The number of aryl methyl sites for hydroxylation is 3. The average Bonchev–Trinajstić information content (AvgIpc) is 2.98. The molecule has 0 fully saturated rings. The molecule has 1 N–H and O–H groups in total. The molecule has 3 rings (SSSR count). The number of amides is 1. The number of carbonyl (C=O) groups excluding carboxylic acids is 1. The van der Waals surface area contributed by atoms with Gasteiger partial charge in [-0.1, -0.05) is 23.7 Å². The second-order valence-corrected chi connectivity index (χ2v) is 7.52. The van der Waals surface area contributed by atoms with Crippen LogP contribution in [0, 0.1) is 0 Å².